The van der Waals surface area contributed by atoms with Gasteiger partial charge in [-0.2, -0.15) is 23.1 Å². The summed E-state index contributed by atoms with van der Waals surface area (Å²) in [7, 11) is 2.02. The molecule has 3 N–H and O–H groups in total. The van der Waals surface area contributed by atoms with E-state index in [1.807, 2.05) is 7.05 Å². The summed E-state index contributed by atoms with van der Waals surface area (Å²) >= 11 is 6.58. The number of nitrogen functional groups attached to an aromatic ring is 1. The molecule has 4 aliphatic heterocycles. The quantitative estimate of drug-likeness (QED) is 0.397. The number of pyridine rings is 1. The fraction of sp³-hybridized carbons (Fsp3) is 0.536. The first kappa shape index (κ1) is 28.2. The lowest BCUT2D eigenvalue weighted by Gasteiger charge is -2.37. The maximum absolute atomic E-state index is 16.5. The molecule has 2 aromatic heterocycles. The molecule has 3 aromatic rings. The van der Waals surface area contributed by atoms with Crippen molar-refractivity contribution < 1.29 is 22.3 Å². The minimum absolute atomic E-state index is 0.0270. The summed E-state index contributed by atoms with van der Waals surface area (Å²) in [6.45, 7) is 4.82. The van der Waals surface area contributed by atoms with E-state index in [0.29, 0.717) is 30.3 Å². The highest BCUT2D eigenvalue weighted by molar-refractivity contribution is 6.34. The number of nitrogens with one attached hydrogen (secondary N) is 1. The van der Waals surface area contributed by atoms with Crippen LogP contribution in [-0.4, -0.2) is 71.8 Å². The molecule has 2 bridgehead atoms. The number of piperidine rings is 1. The average Bonchev–Trinajstić information content (AvgIpc) is 3.07. The van der Waals surface area contributed by atoms with Crippen LogP contribution >= 0.6 is 11.6 Å². The number of alkyl halides is 3. The third-order valence-corrected chi connectivity index (χ3v) is 8.86. The van der Waals surface area contributed by atoms with Gasteiger partial charge in [0.1, 0.15) is 23.8 Å². The van der Waals surface area contributed by atoms with Crippen LogP contribution in [-0.2, 0) is 6.18 Å². The number of aryl methyl sites for hydroxylation is 1. The minimum Gasteiger partial charge on any atom is -0.462 e. The molecule has 4 saturated heterocycles. The Morgan fingerprint density at radius 3 is 2.68 bits per heavy atom. The van der Waals surface area contributed by atoms with Crippen molar-refractivity contribution in [1.29, 1.82) is 0 Å². The number of hydrogen-bond acceptors (Lipinski definition) is 8. The Labute approximate surface area is 240 Å². The van der Waals surface area contributed by atoms with Crippen LogP contribution in [0.1, 0.15) is 36.8 Å². The van der Waals surface area contributed by atoms with Crippen molar-refractivity contribution in [2.75, 3.05) is 50.5 Å². The molecule has 7 rings (SSSR count). The summed E-state index contributed by atoms with van der Waals surface area (Å²) in [6, 6.07) is 2.79. The summed E-state index contributed by atoms with van der Waals surface area (Å²) < 4.78 is 65.1. The van der Waals surface area contributed by atoms with Gasteiger partial charge in [0.15, 0.2) is 5.82 Å². The van der Waals surface area contributed by atoms with Crippen molar-refractivity contribution in [3.05, 3.63) is 34.1 Å². The Morgan fingerprint density at radius 2 is 1.95 bits per heavy atom. The molecule has 0 spiro atoms. The second kappa shape index (κ2) is 10.7. The summed E-state index contributed by atoms with van der Waals surface area (Å²) in [4.78, 5) is 17.4. The number of likely N-dealkylation sites (tertiary alicyclic amines) is 1. The predicted molar refractivity (Wildman–Crippen MR) is 150 cm³/mol. The van der Waals surface area contributed by atoms with Crippen LogP contribution in [0.2, 0.25) is 5.02 Å². The van der Waals surface area contributed by atoms with Crippen molar-refractivity contribution in [3.63, 3.8) is 0 Å². The Balaban J connectivity index is 1.54. The minimum atomic E-state index is -4.82. The third-order valence-electron chi connectivity index (χ3n) is 8.56. The third kappa shape index (κ3) is 5.25. The molecule has 13 heteroatoms. The Hall–Kier alpha value is -2.96. The van der Waals surface area contributed by atoms with Gasteiger partial charge < -0.3 is 25.6 Å². The monoisotopic (exact) mass is 593 g/mol. The van der Waals surface area contributed by atoms with E-state index >= 15 is 4.39 Å². The number of benzene rings is 1. The van der Waals surface area contributed by atoms with Crippen LogP contribution in [0.15, 0.2) is 12.1 Å². The van der Waals surface area contributed by atoms with E-state index in [1.165, 1.54) is 13.0 Å². The van der Waals surface area contributed by atoms with Gasteiger partial charge in [-0.05, 0) is 76.4 Å². The summed E-state index contributed by atoms with van der Waals surface area (Å²) in [5, 5.41) is 3.55. The van der Waals surface area contributed by atoms with Crippen LogP contribution in [0.25, 0.3) is 22.2 Å². The van der Waals surface area contributed by atoms with Gasteiger partial charge in [0.2, 0.25) is 0 Å². The van der Waals surface area contributed by atoms with E-state index in [9.17, 15) is 13.2 Å². The Bertz CT molecular complexity index is 1480. The van der Waals surface area contributed by atoms with E-state index in [2.05, 4.69) is 25.1 Å². The maximum atomic E-state index is 16.5. The topological polar surface area (TPSA) is 92.4 Å². The number of halogens is 5. The highest BCUT2D eigenvalue weighted by Gasteiger charge is 2.39. The van der Waals surface area contributed by atoms with Crippen molar-refractivity contribution >= 4 is 34.1 Å². The lowest BCUT2D eigenvalue weighted by atomic mass is 9.94. The Kier molecular flexibility index (Phi) is 7.36. The highest BCUT2D eigenvalue weighted by Crippen LogP contribution is 2.45. The number of likely N-dealkylation sites (N-methyl/N-ethyl adjacent to an activating group) is 1. The van der Waals surface area contributed by atoms with Gasteiger partial charge in [0.05, 0.1) is 21.8 Å². The van der Waals surface area contributed by atoms with E-state index in [0.717, 1.165) is 51.4 Å². The van der Waals surface area contributed by atoms with Gasteiger partial charge in [0.25, 0.3) is 0 Å². The molecule has 4 fully saturated rings. The predicted octanol–water partition coefficient (Wildman–Crippen LogP) is 5.05. The van der Waals surface area contributed by atoms with Crippen molar-refractivity contribution in [2.45, 2.75) is 50.9 Å². The normalized spacial score (nSPS) is 23.4. The fourth-order valence-corrected chi connectivity index (χ4v) is 6.73. The standard InChI is InChI=1S/C28H32ClF4N7O/c1-14-8-20(34)36-25(22(14)28(31,32)33)21-19(29)9-18-24(23(21)30)37-27(41-13-17-4-3-7-39(17)2)38-26(18)40-12-15-5-6-16(40)11-35-10-15/h8-9,15-17,35H,3-7,10-13H2,1-2H3,(H2,34,36)/t15?,16?,17-/m0/s1. The maximum Gasteiger partial charge on any atom is 0.418 e. The summed E-state index contributed by atoms with van der Waals surface area (Å²) in [5.74, 6) is -0.366. The van der Waals surface area contributed by atoms with Gasteiger partial charge in [-0.1, -0.05) is 11.6 Å². The number of fused-ring (bicyclic) bond motifs is 5. The Morgan fingerprint density at radius 1 is 1.15 bits per heavy atom. The largest absolute Gasteiger partial charge is 0.462 e. The van der Waals surface area contributed by atoms with Gasteiger partial charge >= 0.3 is 12.2 Å². The zero-order chi connectivity index (χ0) is 29.1. The van der Waals surface area contributed by atoms with Crippen LogP contribution in [0.4, 0.5) is 29.2 Å². The molecule has 3 atom stereocenters. The number of hydrogen-bond donors (Lipinski definition) is 2. The number of nitrogens with zero attached hydrogens (tertiary/aromatic N) is 5. The first-order chi connectivity index (χ1) is 19.5. The molecular weight excluding hydrogens is 562 g/mol. The smallest absolute Gasteiger partial charge is 0.418 e. The van der Waals surface area contributed by atoms with Crippen LogP contribution in [0.5, 0.6) is 6.01 Å². The fourth-order valence-electron chi connectivity index (χ4n) is 6.45. The van der Waals surface area contributed by atoms with Gasteiger partial charge in [-0.3, -0.25) is 0 Å². The molecule has 4 aliphatic rings. The first-order valence-corrected chi connectivity index (χ1v) is 14.2. The summed E-state index contributed by atoms with van der Waals surface area (Å²) in [6.07, 6.45) is -0.825. The molecule has 0 amide bonds. The second-order valence-corrected chi connectivity index (χ2v) is 11.8. The van der Waals surface area contributed by atoms with Crippen LogP contribution < -0.4 is 20.7 Å². The molecule has 220 valence electrons. The van der Waals surface area contributed by atoms with E-state index in [-0.39, 0.29) is 40.0 Å². The second-order valence-electron chi connectivity index (χ2n) is 11.4. The number of anilines is 2. The van der Waals surface area contributed by atoms with E-state index in [1.54, 1.807) is 0 Å². The molecule has 2 unspecified atom stereocenters. The molecule has 6 heterocycles. The number of rotatable bonds is 5. The molecule has 0 radical (unpaired) electrons. The average molecular weight is 594 g/mol. The molecule has 41 heavy (non-hydrogen) atoms. The van der Waals surface area contributed by atoms with E-state index in [4.69, 9.17) is 27.1 Å². The zero-order valence-electron chi connectivity index (χ0n) is 22.9. The lowest BCUT2D eigenvalue weighted by Crippen LogP contribution is -2.44. The zero-order valence-corrected chi connectivity index (χ0v) is 23.6. The molecule has 1 aromatic carbocycles. The number of ether oxygens (including phenoxy) is 1. The first-order valence-electron chi connectivity index (χ1n) is 13.9. The van der Waals surface area contributed by atoms with Gasteiger partial charge in [-0.25, -0.2) is 9.37 Å². The molecule has 0 saturated carbocycles. The van der Waals surface area contributed by atoms with Crippen molar-refractivity contribution in [1.82, 2.24) is 25.2 Å². The van der Waals surface area contributed by atoms with Crippen LogP contribution in [0, 0.1) is 18.7 Å². The van der Waals surface area contributed by atoms with Crippen molar-refractivity contribution in [2.24, 2.45) is 5.92 Å². The van der Waals surface area contributed by atoms with Gasteiger partial charge in [0, 0.05) is 30.6 Å². The number of nitrogens with two attached hydrogens (primary N) is 1. The molecule has 0 aliphatic carbocycles. The SMILES string of the molecule is Cc1cc(N)nc(-c2c(Cl)cc3c(N4CC5CCC4CNC5)nc(OC[C@@H]4CCCN4C)nc3c2F)c1C(F)(F)F. The molecule has 8 nitrogen and oxygen atoms in total. The van der Waals surface area contributed by atoms with Gasteiger partial charge in [-0.15, -0.1) is 0 Å². The van der Waals surface area contributed by atoms with E-state index < -0.39 is 28.8 Å². The van der Waals surface area contributed by atoms with Crippen LogP contribution in [0.3, 0.4) is 0 Å². The number of aromatic nitrogens is 3. The lowest BCUT2D eigenvalue weighted by molar-refractivity contribution is -0.137. The summed E-state index contributed by atoms with van der Waals surface area (Å²) in [5.41, 5.74) is 3.18. The van der Waals surface area contributed by atoms with Crippen molar-refractivity contribution in [3.8, 4) is 17.3 Å². The molecular formula is C28H32ClF4N7O. The highest BCUT2D eigenvalue weighted by atomic mass is 35.5.